The smallest absolute Gasteiger partial charge is 0.328 e. The molecule has 2 rings (SSSR count). The third kappa shape index (κ3) is 7.56. The van der Waals surface area contributed by atoms with E-state index in [1.807, 2.05) is 51.1 Å². The first kappa shape index (κ1) is 24.7. The minimum absolute atomic E-state index is 0.125. The van der Waals surface area contributed by atoms with Crippen molar-refractivity contribution in [1.82, 2.24) is 10.0 Å². The second-order valence-electron chi connectivity index (χ2n) is 7.81. The molecule has 0 aromatic heterocycles. The number of hydrogen-bond donors (Lipinski definition) is 1. The van der Waals surface area contributed by atoms with E-state index in [1.165, 1.54) is 11.2 Å². The zero-order chi connectivity index (χ0) is 22.8. The Balaban J connectivity index is 2.44. The van der Waals surface area contributed by atoms with Crippen molar-refractivity contribution in [2.24, 2.45) is 15.7 Å². The first-order valence-electron chi connectivity index (χ1n) is 10.5. The fourth-order valence-electron chi connectivity index (χ4n) is 3.30. The number of carboxylic acid groups (broad SMARTS) is 1. The van der Waals surface area contributed by atoms with E-state index in [1.54, 1.807) is 17.4 Å². The van der Waals surface area contributed by atoms with E-state index < -0.39 is 31.9 Å². The van der Waals surface area contributed by atoms with Gasteiger partial charge in [0.1, 0.15) is 6.16 Å². The van der Waals surface area contributed by atoms with E-state index in [2.05, 4.69) is 9.74 Å². The van der Waals surface area contributed by atoms with Gasteiger partial charge in [0, 0.05) is 25.0 Å². The quantitative estimate of drug-likeness (QED) is 0.526. The van der Waals surface area contributed by atoms with Gasteiger partial charge in [-0.15, -0.1) is 4.74 Å². The molecule has 8 nitrogen and oxygen atoms in total. The molecule has 1 unspecified atom stereocenters. The van der Waals surface area contributed by atoms with Gasteiger partial charge in [-0.2, -0.15) is 0 Å². The molecular weight excluding hydrogens is 415 g/mol. The summed E-state index contributed by atoms with van der Waals surface area (Å²) in [6.07, 6.45) is 6.33. The van der Waals surface area contributed by atoms with E-state index in [0.29, 0.717) is 19.0 Å². The highest BCUT2D eigenvalue weighted by molar-refractivity contribution is 7.39. The summed E-state index contributed by atoms with van der Waals surface area (Å²) < 4.78 is 4.31. The molecule has 1 aliphatic rings. The monoisotopic (exact) mass is 446 g/mol. The molecule has 1 aromatic carbocycles. The Morgan fingerprint density at radius 2 is 2.03 bits per heavy atom. The Labute approximate surface area is 184 Å². The van der Waals surface area contributed by atoms with Crippen molar-refractivity contribution in [1.29, 1.82) is 0 Å². The van der Waals surface area contributed by atoms with Crippen LogP contribution in [0, 0.1) is 5.92 Å². The average molecular weight is 446 g/mol. The van der Waals surface area contributed by atoms with Gasteiger partial charge >= 0.3 is 5.97 Å². The highest BCUT2D eigenvalue weighted by Gasteiger charge is 2.38. The minimum atomic E-state index is -1.89. The summed E-state index contributed by atoms with van der Waals surface area (Å²) in [5.74, 6) is -1.45. The summed E-state index contributed by atoms with van der Waals surface area (Å²) in [6, 6.07) is 7.18. The van der Waals surface area contributed by atoms with Crippen molar-refractivity contribution in [3.63, 3.8) is 0 Å². The van der Waals surface area contributed by atoms with Gasteiger partial charge in [0.05, 0.1) is 6.54 Å². The molecule has 0 bridgehead atoms. The SMILES string of the molecule is CCC[P+]([O-])=N[C@@H](CC(C)C)C(=O)N([C@@H](Cc1ccccc1)C(=O)O)N1C=CN=CC1. The Morgan fingerprint density at radius 3 is 2.58 bits per heavy atom. The van der Waals surface area contributed by atoms with E-state index in [0.717, 1.165) is 5.56 Å². The molecule has 3 atom stereocenters. The molecule has 9 heteroatoms. The van der Waals surface area contributed by atoms with Gasteiger partial charge in [-0.05, 0) is 24.3 Å². The number of carbonyl (C=O) groups excluding carboxylic acids is 1. The summed E-state index contributed by atoms with van der Waals surface area (Å²) in [5, 5.41) is 12.8. The predicted molar refractivity (Wildman–Crippen MR) is 121 cm³/mol. The van der Waals surface area contributed by atoms with Gasteiger partial charge in [0.2, 0.25) is 0 Å². The Kier molecular flexibility index (Phi) is 9.82. The molecule has 0 saturated carbocycles. The summed E-state index contributed by atoms with van der Waals surface area (Å²) in [6.45, 7) is 6.08. The number of hydrazine groups is 1. The largest absolute Gasteiger partial charge is 0.612 e. The minimum Gasteiger partial charge on any atom is -0.612 e. The van der Waals surface area contributed by atoms with Gasteiger partial charge in [-0.25, -0.2) is 9.80 Å². The van der Waals surface area contributed by atoms with Gasteiger partial charge in [-0.3, -0.25) is 14.8 Å². The normalized spacial score (nSPS) is 15.8. The number of benzene rings is 1. The van der Waals surface area contributed by atoms with E-state index >= 15 is 0 Å². The lowest BCUT2D eigenvalue weighted by Crippen LogP contribution is -2.57. The van der Waals surface area contributed by atoms with Crippen LogP contribution in [0.1, 0.15) is 39.2 Å². The first-order chi connectivity index (χ1) is 14.8. The number of carboxylic acids is 1. The van der Waals surface area contributed by atoms with E-state index in [9.17, 15) is 19.6 Å². The standard InChI is InChI=1S/C22H31N4O4P/c1-4-14-31(30)24-19(15-17(2)3)21(27)26(25-12-10-23-11-13-25)20(22(28)29)16-18-8-6-5-7-9-18/h5-12,17,19-20H,4,13-16H2,1-3H3,(H,28,29)/t19-,20-/m0/s1. The molecule has 1 heterocycles. The van der Waals surface area contributed by atoms with Crippen molar-refractivity contribution in [3.8, 4) is 0 Å². The molecule has 0 aliphatic carbocycles. The molecular formula is C22H31N4O4P. The summed E-state index contributed by atoms with van der Waals surface area (Å²) in [7, 11) is -1.89. The van der Waals surface area contributed by atoms with Crippen molar-refractivity contribution in [3.05, 3.63) is 48.3 Å². The zero-order valence-corrected chi connectivity index (χ0v) is 19.2. The lowest BCUT2D eigenvalue weighted by atomic mass is 10.0. The third-order valence-corrected chi connectivity index (χ3v) is 6.08. The fraction of sp³-hybridized carbons (Fsp3) is 0.500. The second-order valence-corrected chi connectivity index (χ2v) is 9.20. The third-order valence-electron chi connectivity index (χ3n) is 4.72. The topological polar surface area (TPSA) is 109 Å². The second kappa shape index (κ2) is 12.3. The van der Waals surface area contributed by atoms with Crippen molar-refractivity contribution >= 4 is 26.0 Å². The number of amides is 1. The van der Waals surface area contributed by atoms with Crippen molar-refractivity contribution in [2.45, 2.75) is 52.1 Å². The summed E-state index contributed by atoms with van der Waals surface area (Å²) in [5.41, 5.74) is 0.803. The molecule has 0 fully saturated rings. The highest BCUT2D eigenvalue weighted by Crippen LogP contribution is 2.25. The van der Waals surface area contributed by atoms with Crippen LogP contribution in [0.15, 0.2) is 52.5 Å². The van der Waals surface area contributed by atoms with Crippen LogP contribution in [0.25, 0.3) is 0 Å². The van der Waals surface area contributed by atoms with Crippen LogP contribution in [-0.2, 0) is 16.0 Å². The number of aliphatic carboxylic acids is 1. The Morgan fingerprint density at radius 1 is 1.32 bits per heavy atom. The number of nitrogens with zero attached hydrogens (tertiary/aromatic N) is 4. The Bertz CT molecular complexity index is 826. The van der Waals surface area contributed by atoms with Crippen LogP contribution >= 0.6 is 7.94 Å². The van der Waals surface area contributed by atoms with Crippen LogP contribution < -0.4 is 4.89 Å². The molecule has 0 saturated heterocycles. The predicted octanol–water partition coefficient (Wildman–Crippen LogP) is 3.05. The van der Waals surface area contributed by atoms with E-state index in [4.69, 9.17) is 0 Å². The van der Waals surface area contributed by atoms with Crippen LogP contribution in [-0.4, -0.2) is 58.0 Å². The van der Waals surface area contributed by atoms with Crippen molar-refractivity contribution in [2.75, 3.05) is 12.7 Å². The average Bonchev–Trinajstić information content (AvgIpc) is 2.74. The molecule has 1 aliphatic heterocycles. The van der Waals surface area contributed by atoms with Crippen LogP contribution in [0.5, 0.6) is 0 Å². The number of hydrogen-bond acceptors (Lipinski definition) is 6. The van der Waals surface area contributed by atoms with E-state index in [-0.39, 0.29) is 18.9 Å². The number of aliphatic imine (C=N–C) groups is 1. The lowest BCUT2D eigenvalue weighted by Gasteiger charge is -2.39. The maximum Gasteiger partial charge on any atom is 0.328 e. The molecule has 0 radical (unpaired) electrons. The lowest BCUT2D eigenvalue weighted by molar-refractivity contribution is -0.165. The van der Waals surface area contributed by atoms with Crippen LogP contribution in [0.4, 0.5) is 0 Å². The molecule has 1 N–H and O–H groups in total. The van der Waals surface area contributed by atoms with Crippen molar-refractivity contribution < 1.29 is 19.6 Å². The molecule has 1 aromatic rings. The molecule has 0 spiro atoms. The fourth-order valence-corrected chi connectivity index (χ4v) is 4.31. The summed E-state index contributed by atoms with van der Waals surface area (Å²) >= 11 is 0. The molecule has 168 valence electrons. The zero-order valence-electron chi connectivity index (χ0n) is 18.3. The van der Waals surface area contributed by atoms with Gasteiger partial charge in [0.25, 0.3) is 5.91 Å². The van der Waals surface area contributed by atoms with Crippen LogP contribution in [0.2, 0.25) is 0 Å². The van der Waals surface area contributed by atoms with Gasteiger partial charge in [-0.1, -0.05) is 51.1 Å². The number of carbonyl (C=O) groups is 2. The van der Waals surface area contributed by atoms with Crippen LogP contribution in [0.3, 0.4) is 0 Å². The van der Waals surface area contributed by atoms with Gasteiger partial charge in [0.15, 0.2) is 20.0 Å². The molecule has 1 amide bonds. The highest BCUT2D eigenvalue weighted by atomic mass is 31.1. The maximum atomic E-state index is 13.7. The number of rotatable bonds is 11. The summed E-state index contributed by atoms with van der Waals surface area (Å²) in [4.78, 5) is 42.4. The molecule has 31 heavy (non-hydrogen) atoms. The maximum absolute atomic E-state index is 13.7. The Hall–Kier alpha value is -2.57. The first-order valence-corrected chi connectivity index (χ1v) is 11.9. The van der Waals surface area contributed by atoms with Gasteiger partial charge < -0.3 is 10.00 Å².